The second-order valence-electron chi connectivity index (χ2n) is 6.21. The number of phenolic OH excluding ortho intramolecular Hbond substituents is 2. The zero-order valence-electron chi connectivity index (χ0n) is 13.5. The van der Waals surface area contributed by atoms with Crippen LogP contribution in [0.25, 0.3) is 10.9 Å². The summed E-state index contributed by atoms with van der Waals surface area (Å²) in [5.74, 6) is 0.696. The van der Waals surface area contributed by atoms with Gasteiger partial charge >= 0.3 is 0 Å². The minimum Gasteiger partial charge on any atom is -0.504 e. The van der Waals surface area contributed by atoms with Gasteiger partial charge < -0.3 is 25.3 Å². The van der Waals surface area contributed by atoms with Crippen molar-refractivity contribution in [1.82, 2.24) is 10.3 Å². The molecule has 5 heteroatoms. The van der Waals surface area contributed by atoms with E-state index in [0.717, 1.165) is 36.2 Å². The number of H-pyrrole nitrogens is 1. The van der Waals surface area contributed by atoms with E-state index in [1.165, 1.54) is 22.7 Å². The van der Waals surface area contributed by atoms with E-state index in [0.29, 0.717) is 0 Å². The molecule has 1 atom stereocenters. The molecule has 124 valence electrons. The molecule has 0 fully saturated rings. The summed E-state index contributed by atoms with van der Waals surface area (Å²) in [5.41, 5.74) is 4.61. The van der Waals surface area contributed by atoms with Crippen LogP contribution in [0.3, 0.4) is 0 Å². The normalized spacial score (nSPS) is 17.0. The first-order valence-corrected chi connectivity index (χ1v) is 8.08. The summed E-state index contributed by atoms with van der Waals surface area (Å²) in [7, 11) is 1.68. The summed E-state index contributed by atoms with van der Waals surface area (Å²) in [6.07, 6.45) is 1.71. The van der Waals surface area contributed by atoms with Crippen molar-refractivity contribution in [3.63, 3.8) is 0 Å². The van der Waals surface area contributed by atoms with Crippen molar-refractivity contribution in [2.24, 2.45) is 0 Å². The molecule has 1 aliphatic heterocycles. The maximum absolute atomic E-state index is 9.70. The Morgan fingerprint density at radius 1 is 1.12 bits per heavy atom. The van der Waals surface area contributed by atoms with Crippen molar-refractivity contribution in [2.75, 3.05) is 13.7 Å². The minimum atomic E-state index is -0.0891. The molecule has 5 nitrogen and oxygen atoms in total. The molecule has 0 saturated carbocycles. The van der Waals surface area contributed by atoms with Gasteiger partial charge in [0.1, 0.15) is 5.75 Å². The fourth-order valence-corrected chi connectivity index (χ4v) is 3.52. The van der Waals surface area contributed by atoms with Gasteiger partial charge in [-0.05, 0) is 60.8 Å². The molecular weight excluding hydrogens is 304 g/mol. The van der Waals surface area contributed by atoms with Crippen LogP contribution >= 0.6 is 0 Å². The summed E-state index contributed by atoms with van der Waals surface area (Å²) < 4.78 is 5.35. The van der Waals surface area contributed by atoms with Gasteiger partial charge in [0, 0.05) is 16.6 Å². The Morgan fingerprint density at radius 2 is 2.00 bits per heavy atom. The first-order chi connectivity index (χ1) is 11.7. The predicted octanol–water partition coefficient (Wildman–Crippen LogP) is 3.02. The Kier molecular flexibility index (Phi) is 3.58. The molecule has 1 aromatic heterocycles. The van der Waals surface area contributed by atoms with E-state index in [4.69, 9.17) is 4.74 Å². The molecule has 0 saturated heterocycles. The number of fused-ring (bicyclic) bond motifs is 3. The van der Waals surface area contributed by atoms with Crippen molar-refractivity contribution >= 4 is 10.9 Å². The van der Waals surface area contributed by atoms with Crippen LogP contribution in [0.1, 0.15) is 22.9 Å². The number of aromatic amines is 1. The van der Waals surface area contributed by atoms with Crippen molar-refractivity contribution < 1.29 is 14.9 Å². The zero-order chi connectivity index (χ0) is 16.7. The lowest BCUT2D eigenvalue weighted by Gasteiger charge is -2.24. The molecule has 0 bridgehead atoms. The lowest BCUT2D eigenvalue weighted by atomic mass is 9.94. The van der Waals surface area contributed by atoms with Crippen molar-refractivity contribution in [2.45, 2.75) is 18.9 Å². The number of phenols is 2. The molecule has 0 radical (unpaired) electrons. The number of hydrogen-bond acceptors (Lipinski definition) is 4. The van der Waals surface area contributed by atoms with Crippen molar-refractivity contribution in [3.05, 3.63) is 53.2 Å². The van der Waals surface area contributed by atoms with Gasteiger partial charge in [-0.3, -0.25) is 0 Å². The number of aromatic hydroxyl groups is 2. The van der Waals surface area contributed by atoms with Crippen LogP contribution in [-0.4, -0.2) is 28.9 Å². The molecule has 2 heterocycles. The third-order valence-electron chi connectivity index (χ3n) is 4.74. The van der Waals surface area contributed by atoms with Crippen LogP contribution in [0, 0.1) is 0 Å². The summed E-state index contributed by atoms with van der Waals surface area (Å²) in [4.78, 5) is 3.53. The Bertz CT molecular complexity index is 901. The molecule has 0 aliphatic carbocycles. The third-order valence-corrected chi connectivity index (χ3v) is 4.74. The topological polar surface area (TPSA) is 77.5 Å². The number of rotatable bonds is 3. The molecule has 0 spiro atoms. The average Bonchev–Trinajstić information content (AvgIpc) is 2.97. The monoisotopic (exact) mass is 324 g/mol. The average molecular weight is 324 g/mol. The van der Waals surface area contributed by atoms with E-state index in [-0.39, 0.29) is 17.5 Å². The first-order valence-electron chi connectivity index (χ1n) is 8.08. The molecular formula is C19H20N2O3. The highest BCUT2D eigenvalue weighted by Gasteiger charge is 2.24. The maximum Gasteiger partial charge on any atom is 0.157 e. The summed E-state index contributed by atoms with van der Waals surface area (Å²) >= 11 is 0. The lowest BCUT2D eigenvalue weighted by Crippen LogP contribution is -2.31. The fourth-order valence-electron chi connectivity index (χ4n) is 3.52. The molecule has 1 unspecified atom stereocenters. The van der Waals surface area contributed by atoms with Gasteiger partial charge in [0.2, 0.25) is 0 Å². The Morgan fingerprint density at radius 3 is 2.79 bits per heavy atom. The van der Waals surface area contributed by atoms with Gasteiger partial charge in [-0.2, -0.15) is 0 Å². The minimum absolute atomic E-state index is 0.0788. The molecule has 4 N–H and O–H groups in total. The second-order valence-corrected chi connectivity index (χ2v) is 6.21. The number of nitrogens with one attached hydrogen (secondary N) is 2. The van der Waals surface area contributed by atoms with Crippen LogP contribution in [0.4, 0.5) is 0 Å². The van der Waals surface area contributed by atoms with E-state index in [1.54, 1.807) is 13.2 Å². The molecule has 0 amide bonds. The van der Waals surface area contributed by atoms with E-state index < -0.39 is 0 Å². The van der Waals surface area contributed by atoms with Crippen molar-refractivity contribution in [1.29, 1.82) is 0 Å². The standard InChI is InChI=1S/C19H20N2O3/c1-24-12-3-4-15-14(10-12)13-6-7-20-16(19(13)21-15)8-11-2-5-17(22)18(23)9-11/h2-5,9-10,16,20-23H,6-8H2,1H3. The van der Waals surface area contributed by atoms with Gasteiger partial charge in [0.15, 0.2) is 11.5 Å². The lowest BCUT2D eigenvalue weighted by molar-refractivity contribution is 0.402. The van der Waals surface area contributed by atoms with Gasteiger partial charge in [-0.1, -0.05) is 6.07 Å². The first kappa shape index (κ1) is 14.9. The Balaban J connectivity index is 1.71. The highest BCUT2D eigenvalue weighted by molar-refractivity contribution is 5.86. The van der Waals surface area contributed by atoms with Crippen LogP contribution in [-0.2, 0) is 12.8 Å². The SMILES string of the molecule is COc1ccc2[nH]c3c(c2c1)CCNC3Cc1ccc(O)c(O)c1. The maximum atomic E-state index is 9.70. The molecule has 3 aromatic rings. The summed E-state index contributed by atoms with van der Waals surface area (Å²) in [5, 5.41) is 23.9. The third kappa shape index (κ3) is 2.47. The van der Waals surface area contributed by atoms with Gasteiger partial charge in [-0.15, -0.1) is 0 Å². The molecule has 2 aromatic carbocycles. The van der Waals surface area contributed by atoms with Crippen LogP contribution in [0.2, 0.25) is 0 Å². The smallest absolute Gasteiger partial charge is 0.157 e. The van der Waals surface area contributed by atoms with Crippen molar-refractivity contribution in [3.8, 4) is 17.2 Å². The van der Waals surface area contributed by atoms with E-state index in [1.807, 2.05) is 12.1 Å². The predicted molar refractivity (Wildman–Crippen MR) is 92.8 cm³/mol. The van der Waals surface area contributed by atoms with E-state index in [9.17, 15) is 10.2 Å². The van der Waals surface area contributed by atoms with E-state index >= 15 is 0 Å². The number of aromatic nitrogens is 1. The highest BCUT2D eigenvalue weighted by atomic mass is 16.5. The Labute approximate surface area is 139 Å². The zero-order valence-corrected chi connectivity index (χ0v) is 13.5. The fraction of sp³-hybridized carbons (Fsp3) is 0.263. The van der Waals surface area contributed by atoms with Crippen LogP contribution < -0.4 is 10.1 Å². The molecule has 24 heavy (non-hydrogen) atoms. The van der Waals surface area contributed by atoms with Gasteiger partial charge in [0.25, 0.3) is 0 Å². The largest absolute Gasteiger partial charge is 0.504 e. The summed E-state index contributed by atoms with van der Waals surface area (Å²) in [6.45, 7) is 0.909. The quantitative estimate of drug-likeness (QED) is 0.559. The second kappa shape index (κ2) is 5.76. The van der Waals surface area contributed by atoms with Gasteiger partial charge in [-0.25, -0.2) is 0 Å². The number of ether oxygens (including phenoxy) is 1. The van der Waals surface area contributed by atoms with Crippen LogP contribution in [0.5, 0.6) is 17.2 Å². The summed E-state index contributed by atoms with van der Waals surface area (Å²) in [6, 6.07) is 11.2. The molecule has 4 rings (SSSR count). The number of methoxy groups -OCH3 is 1. The Hall–Kier alpha value is -2.66. The highest BCUT2D eigenvalue weighted by Crippen LogP contribution is 2.34. The number of hydrogen-bond donors (Lipinski definition) is 4. The van der Waals surface area contributed by atoms with E-state index in [2.05, 4.69) is 22.4 Å². The number of benzene rings is 2. The molecule has 1 aliphatic rings. The van der Waals surface area contributed by atoms with Gasteiger partial charge in [0.05, 0.1) is 13.2 Å². The van der Waals surface area contributed by atoms with Crippen LogP contribution in [0.15, 0.2) is 36.4 Å².